The molecule has 0 bridgehead atoms. The van der Waals surface area contributed by atoms with Gasteiger partial charge < -0.3 is 5.11 Å². The van der Waals surface area contributed by atoms with E-state index in [4.69, 9.17) is 0 Å². The molecule has 0 unspecified atom stereocenters. The average Bonchev–Trinajstić information content (AvgIpc) is 2.72. The minimum absolute atomic E-state index is 0.0843. The van der Waals surface area contributed by atoms with Crippen molar-refractivity contribution in [2.45, 2.75) is 0 Å². The molecule has 0 saturated carbocycles. The summed E-state index contributed by atoms with van der Waals surface area (Å²) < 4.78 is 1.65. The fourth-order valence-electron chi connectivity index (χ4n) is 1.69. The first-order chi connectivity index (χ1) is 8.22. The summed E-state index contributed by atoms with van der Waals surface area (Å²) in [5.41, 5.74) is 1.23. The number of nitrogens with zero attached hydrogens (tertiary/aromatic N) is 2. The van der Waals surface area contributed by atoms with Crippen molar-refractivity contribution in [1.29, 1.82) is 0 Å². The summed E-state index contributed by atoms with van der Waals surface area (Å²) in [6, 6.07) is 9.67. The van der Waals surface area contributed by atoms with E-state index in [0.717, 1.165) is 5.56 Å². The summed E-state index contributed by atoms with van der Waals surface area (Å²) >= 11 is 0. The van der Waals surface area contributed by atoms with E-state index in [2.05, 4.69) is 10.1 Å². The van der Waals surface area contributed by atoms with Gasteiger partial charge in [-0.05, 0) is 12.1 Å². The van der Waals surface area contributed by atoms with Crippen LogP contribution in [-0.4, -0.2) is 19.7 Å². The highest BCUT2D eigenvalue weighted by Crippen LogP contribution is 2.20. The first kappa shape index (κ1) is 9.65. The van der Waals surface area contributed by atoms with Gasteiger partial charge in [-0.15, -0.1) is 0 Å². The van der Waals surface area contributed by atoms with Crippen LogP contribution >= 0.6 is 0 Å². The molecule has 17 heavy (non-hydrogen) atoms. The van der Waals surface area contributed by atoms with Crippen LogP contribution in [0.25, 0.3) is 17.0 Å². The Kier molecular flexibility index (Phi) is 1.98. The maximum absolute atomic E-state index is 11.2. The molecule has 5 heteroatoms. The Labute approximate surface area is 96.0 Å². The van der Waals surface area contributed by atoms with E-state index in [1.165, 1.54) is 12.1 Å². The van der Waals surface area contributed by atoms with Gasteiger partial charge in [0.2, 0.25) is 0 Å². The summed E-state index contributed by atoms with van der Waals surface area (Å²) in [6.07, 6.45) is 1.62. The zero-order chi connectivity index (χ0) is 11.8. The van der Waals surface area contributed by atoms with Crippen LogP contribution in [0.5, 0.6) is 5.75 Å². The zero-order valence-electron chi connectivity index (χ0n) is 8.79. The number of rotatable bonds is 1. The van der Waals surface area contributed by atoms with Crippen molar-refractivity contribution in [3.63, 3.8) is 0 Å². The SMILES string of the molecule is O=c1ccn2[nH]c(-c3cccc(O)c3)nc2c1. The average molecular weight is 227 g/mol. The Morgan fingerprint density at radius 2 is 2.12 bits per heavy atom. The molecule has 1 aromatic carbocycles. The van der Waals surface area contributed by atoms with Crippen LogP contribution in [0.4, 0.5) is 0 Å². The number of phenols is 1. The first-order valence-corrected chi connectivity index (χ1v) is 5.10. The number of aromatic amines is 1. The molecule has 0 fully saturated rings. The number of aromatic hydroxyl groups is 1. The van der Waals surface area contributed by atoms with E-state index in [0.29, 0.717) is 11.5 Å². The van der Waals surface area contributed by atoms with Crippen molar-refractivity contribution in [3.05, 3.63) is 52.8 Å². The topological polar surface area (TPSA) is 70.4 Å². The molecule has 2 aromatic heterocycles. The van der Waals surface area contributed by atoms with Crippen molar-refractivity contribution in [2.24, 2.45) is 0 Å². The van der Waals surface area contributed by atoms with Gasteiger partial charge in [0.15, 0.2) is 16.9 Å². The highest BCUT2D eigenvalue weighted by Gasteiger charge is 2.04. The molecule has 0 saturated heterocycles. The van der Waals surface area contributed by atoms with Gasteiger partial charge in [0.25, 0.3) is 0 Å². The summed E-state index contributed by atoms with van der Waals surface area (Å²) in [7, 11) is 0. The van der Waals surface area contributed by atoms with Crippen LogP contribution in [0, 0.1) is 0 Å². The maximum atomic E-state index is 11.2. The van der Waals surface area contributed by atoms with Gasteiger partial charge in [-0.1, -0.05) is 12.1 Å². The largest absolute Gasteiger partial charge is 0.508 e. The molecule has 2 N–H and O–H groups in total. The molecule has 0 aliphatic heterocycles. The number of nitrogens with one attached hydrogen (secondary N) is 1. The predicted octanol–water partition coefficient (Wildman–Crippen LogP) is 1.40. The van der Waals surface area contributed by atoms with Crippen molar-refractivity contribution in [1.82, 2.24) is 14.6 Å². The Morgan fingerprint density at radius 1 is 1.24 bits per heavy atom. The molecular formula is C12H9N3O2. The molecule has 0 aliphatic carbocycles. The predicted molar refractivity (Wildman–Crippen MR) is 62.9 cm³/mol. The summed E-state index contributed by atoms with van der Waals surface area (Å²) in [5.74, 6) is 0.781. The fourth-order valence-corrected chi connectivity index (χ4v) is 1.69. The Balaban J connectivity index is 2.21. The highest BCUT2D eigenvalue weighted by molar-refractivity contribution is 5.59. The standard InChI is InChI=1S/C12H9N3O2/c16-9-3-1-2-8(6-9)12-13-11-7-10(17)4-5-15(11)14-12/h1-7,16H,(H,13,14). The van der Waals surface area contributed by atoms with E-state index >= 15 is 0 Å². The molecule has 0 radical (unpaired) electrons. The second-order valence-corrected chi connectivity index (χ2v) is 3.71. The minimum Gasteiger partial charge on any atom is -0.508 e. The van der Waals surface area contributed by atoms with Gasteiger partial charge in [-0.3, -0.25) is 9.89 Å². The number of fused-ring (bicyclic) bond motifs is 1. The Morgan fingerprint density at radius 3 is 2.94 bits per heavy atom. The second kappa shape index (κ2) is 3.48. The number of aromatic nitrogens is 3. The minimum atomic E-state index is -0.0843. The van der Waals surface area contributed by atoms with Crippen molar-refractivity contribution >= 4 is 5.65 Å². The van der Waals surface area contributed by atoms with E-state index in [-0.39, 0.29) is 11.2 Å². The lowest BCUT2D eigenvalue weighted by Gasteiger charge is -1.96. The van der Waals surface area contributed by atoms with Crippen LogP contribution < -0.4 is 5.43 Å². The van der Waals surface area contributed by atoms with Crippen LogP contribution in [0.2, 0.25) is 0 Å². The molecule has 3 aromatic rings. The summed E-state index contributed by atoms with van der Waals surface area (Å²) in [4.78, 5) is 15.5. The van der Waals surface area contributed by atoms with Gasteiger partial charge >= 0.3 is 0 Å². The quantitative estimate of drug-likeness (QED) is 0.660. The number of phenolic OH excluding ortho intramolecular Hbond substituents is 1. The van der Waals surface area contributed by atoms with Crippen LogP contribution in [0.3, 0.4) is 0 Å². The Hall–Kier alpha value is -2.56. The van der Waals surface area contributed by atoms with Crippen molar-refractivity contribution < 1.29 is 5.11 Å². The number of hydrogen-bond acceptors (Lipinski definition) is 3. The molecule has 0 atom stereocenters. The Bertz CT molecular complexity index is 743. The zero-order valence-corrected chi connectivity index (χ0v) is 8.79. The molecule has 0 aliphatic rings. The van der Waals surface area contributed by atoms with E-state index in [1.807, 2.05) is 6.07 Å². The van der Waals surface area contributed by atoms with Gasteiger partial charge in [0, 0.05) is 23.9 Å². The number of pyridine rings is 1. The normalized spacial score (nSPS) is 10.8. The van der Waals surface area contributed by atoms with Gasteiger partial charge in [0.05, 0.1) is 0 Å². The van der Waals surface area contributed by atoms with Crippen LogP contribution in [0.1, 0.15) is 0 Å². The molecule has 5 nitrogen and oxygen atoms in total. The number of hydrogen-bond donors (Lipinski definition) is 2. The lowest BCUT2D eigenvalue weighted by atomic mass is 10.2. The van der Waals surface area contributed by atoms with Crippen molar-refractivity contribution in [2.75, 3.05) is 0 Å². The lowest BCUT2D eigenvalue weighted by molar-refractivity contribution is 0.475. The monoisotopic (exact) mass is 227 g/mol. The maximum Gasteiger partial charge on any atom is 0.183 e. The number of benzene rings is 1. The van der Waals surface area contributed by atoms with Crippen molar-refractivity contribution in [3.8, 4) is 17.1 Å². The highest BCUT2D eigenvalue weighted by atomic mass is 16.3. The van der Waals surface area contributed by atoms with Crippen LogP contribution in [-0.2, 0) is 0 Å². The van der Waals surface area contributed by atoms with Gasteiger partial charge in [-0.2, -0.15) is 0 Å². The smallest absolute Gasteiger partial charge is 0.183 e. The van der Waals surface area contributed by atoms with Crippen LogP contribution in [0.15, 0.2) is 47.4 Å². The molecule has 3 rings (SSSR count). The first-order valence-electron chi connectivity index (χ1n) is 5.10. The summed E-state index contributed by atoms with van der Waals surface area (Å²) in [6.45, 7) is 0. The molecule has 84 valence electrons. The molecule has 0 spiro atoms. The van der Waals surface area contributed by atoms with Gasteiger partial charge in [-0.25, -0.2) is 9.50 Å². The summed E-state index contributed by atoms with van der Waals surface area (Å²) in [5, 5.41) is 12.4. The van der Waals surface area contributed by atoms with E-state index < -0.39 is 0 Å². The second-order valence-electron chi connectivity index (χ2n) is 3.71. The third kappa shape index (κ3) is 1.67. The van der Waals surface area contributed by atoms with E-state index in [1.54, 1.807) is 28.9 Å². The third-order valence-corrected chi connectivity index (χ3v) is 2.48. The van der Waals surface area contributed by atoms with E-state index in [9.17, 15) is 9.90 Å². The molecule has 0 amide bonds. The fraction of sp³-hybridized carbons (Fsp3) is 0. The number of H-pyrrole nitrogens is 1. The van der Waals surface area contributed by atoms with Gasteiger partial charge in [0.1, 0.15) is 5.75 Å². The molecule has 2 heterocycles. The third-order valence-electron chi connectivity index (χ3n) is 2.48. The molecular weight excluding hydrogens is 218 g/mol. The lowest BCUT2D eigenvalue weighted by Crippen LogP contribution is -1.98.